The summed E-state index contributed by atoms with van der Waals surface area (Å²) in [5, 5.41) is 0. The molecule has 0 aromatic carbocycles. The standard InChI is InChI=1S/C17H34O3/c1-5-7-9-11-13-17(3,14-12-10-8-6-2)16(18)20-15-19-4/h5-15H2,1-4H3. The smallest absolute Gasteiger partial charge is 0.313 e. The number of ether oxygens (including phenoxy) is 2. The van der Waals surface area contributed by atoms with Gasteiger partial charge >= 0.3 is 5.97 Å². The quantitative estimate of drug-likeness (QED) is 0.269. The monoisotopic (exact) mass is 286 g/mol. The number of methoxy groups -OCH3 is 1. The Morgan fingerprint density at radius 3 is 1.80 bits per heavy atom. The molecule has 0 radical (unpaired) electrons. The fourth-order valence-electron chi connectivity index (χ4n) is 2.50. The zero-order valence-corrected chi connectivity index (χ0v) is 14.0. The van der Waals surface area contributed by atoms with Crippen molar-refractivity contribution in [3.05, 3.63) is 0 Å². The Balaban J connectivity index is 4.29. The second-order valence-electron chi connectivity index (χ2n) is 6.02. The summed E-state index contributed by atoms with van der Waals surface area (Å²) in [7, 11) is 1.55. The van der Waals surface area contributed by atoms with Gasteiger partial charge < -0.3 is 9.47 Å². The number of unbranched alkanes of at least 4 members (excludes halogenated alkanes) is 6. The van der Waals surface area contributed by atoms with Crippen LogP contribution in [0.1, 0.15) is 85.0 Å². The van der Waals surface area contributed by atoms with Crippen molar-refractivity contribution in [2.24, 2.45) is 5.41 Å². The van der Waals surface area contributed by atoms with Crippen molar-refractivity contribution < 1.29 is 14.3 Å². The van der Waals surface area contributed by atoms with Gasteiger partial charge in [0, 0.05) is 7.11 Å². The molecule has 0 fully saturated rings. The highest BCUT2D eigenvalue weighted by atomic mass is 16.7. The van der Waals surface area contributed by atoms with E-state index in [9.17, 15) is 4.79 Å². The van der Waals surface area contributed by atoms with E-state index in [-0.39, 0.29) is 18.2 Å². The fraction of sp³-hybridized carbons (Fsp3) is 0.941. The topological polar surface area (TPSA) is 35.5 Å². The van der Waals surface area contributed by atoms with Crippen LogP contribution in [0.25, 0.3) is 0 Å². The predicted octanol–water partition coefficient (Wildman–Crippen LogP) is 5.08. The van der Waals surface area contributed by atoms with Crippen molar-refractivity contribution in [2.75, 3.05) is 13.9 Å². The Kier molecular flexibility index (Phi) is 11.8. The van der Waals surface area contributed by atoms with Gasteiger partial charge in [-0.25, -0.2) is 0 Å². The molecule has 0 saturated heterocycles. The van der Waals surface area contributed by atoms with Crippen LogP contribution in [0.5, 0.6) is 0 Å². The molecule has 0 unspecified atom stereocenters. The van der Waals surface area contributed by atoms with Crippen molar-refractivity contribution in [2.45, 2.75) is 85.0 Å². The van der Waals surface area contributed by atoms with E-state index in [0.717, 1.165) is 25.7 Å². The van der Waals surface area contributed by atoms with Crippen LogP contribution in [-0.4, -0.2) is 19.9 Å². The van der Waals surface area contributed by atoms with Crippen molar-refractivity contribution >= 4 is 5.97 Å². The Bertz CT molecular complexity index is 226. The third-order valence-corrected chi connectivity index (χ3v) is 3.96. The molecule has 0 aliphatic heterocycles. The second kappa shape index (κ2) is 12.2. The van der Waals surface area contributed by atoms with E-state index < -0.39 is 0 Å². The third-order valence-electron chi connectivity index (χ3n) is 3.96. The first-order valence-corrected chi connectivity index (χ1v) is 8.27. The minimum Gasteiger partial charge on any atom is -0.438 e. The Hall–Kier alpha value is -0.570. The lowest BCUT2D eigenvalue weighted by molar-refractivity contribution is -0.166. The molecule has 0 aliphatic carbocycles. The Labute approximate surface area is 125 Å². The van der Waals surface area contributed by atoms with Gasteiger partial charge in [0.15, 0.2) is 6.79 Å². The molecule has 20 heavy (non-hydrogen) atoms. The molecule has 0 rings (SSSR count). The third kappa shape index (κ3) is 8.57. The van der Waals surface area contributed by atoms with Crippen LogP contribution in [0.2, 0.25) is 0 Å². The van der Waals surface area contributed by atoms with Crippen LogP contribution in [-0.2, 0) is 14.3 Å². The van der Waals surface area contributed by atoms with E-state index in [4.69, 9.17) is 9.47 Å². The highest BCUT2D eigenvalue weighted by Crippen LogP contribution is 2.33. The van der Waals surface area contributed by atoms with Gasteiger partial charge in [-0.1, -0.05) is 65.2 Å². The first-order chi connectivity index (χ1) is 9.60. The van der Waals surface area contributed by atoms with Crippen LogP contribution >= 0.6 is 0 Å². The summed E-state index contributed by atoms with van der Waals surface area (Å²) in [6.45, 7) is 6.54. The maximum Gasteiger partial charge on any atom is 0.313 e. The van der Waals surface area contributed by atoms with Crippen LogP contribution in [0.3, 0.4) is 0 Å². The molecule has 0 bridgehead atoms. The molecule has 0 amide bonds. The molecule has 0 aliphatic rings. The van der Waals surface area contributed by atoms with Crippen molar-refractivity contribution in [3.63, 3.8) is 0 Å². The van der Waals surface area contributed by atoms with Gasteiger partial charge in [-0.05, 0) is 19.8 Å². The normalized spacial score (nSPS) is 11.6. The van der Waals surface area contributed by atoms with Crippen LogP contribution in [0.4, 0.5) is 0 Å². The largest absolute Gasteiger partial charge is 0.438 e. The summed E-state index contributed by atoms with van der Waals surface area (Å²) in [5.41, 5.74) is -0.333. The molecule has 0 aromatic rings. The molecule has 3 nitrogen and oxygen atoms in total. The lowest BCUT2D eigenvalue weighted by Gasteiger charge is -2.27. The number of hydrogen-bond acceptors (Lipinski definition) is 3. The predicted molar refractivity (Wildman–Crippen MR) is 83.6 cm³/mol. The molecule has 3 heteroatoms. The molecule has 0 spiro atoms. The van der Waals surface area contributed by atoms with Gasteiger partial charge in [0.2, 0.25) is 0 Å². The van der Waals surface area contributed by atoms with Gasteiger partial charge in [0.1, 0.15) is 0 Å². The average molecular weight is 286 g/mol. The van der Waals surface area contributed by atoms with Crippen LogP contribution in [0.15, 0.2) is 0 Å². The molecule has 120 valence electrons. The number of hydrogen-bond donors (Lipinski definition) is 0. The summed E-state index contributed by atoms with van der Waals surface area (Å²) in [6, 6.07) is 0. The van der Waals surface area contributed by atoms with Crippen LogP contribution < -0.4 is 0 Å². The van der Waals surface area contributed by atoms with E-state index in [1.807, 2.05) is 0 Å². The average Bonchev–Trinajstić information content (AvgIpc) is 2.45. The van der Waals surface area contributed by atoms with Crippen LogP contribution in [0, 0.1) is 5.41 Å². The Morgan fingerprint density at radius 2 is 1.40 bits per heavy atom. The summed E-state index contributed by atoms with van der Waals surface area (Å²) in [6.07, 6.45) is 11.4. The first-order valence-electron chi connectivity index (χ1n) is 8.27. The minimum atomic E-state index is -0.333. The Morgan fingerprint density at radius 1 is 0.900 bits per heavy atom. The van der Waals surface area contributed by atoms with E-state index in [1.54, 1.807) is 7.11 Å². The molecule has 0 saturated carbocycles. The van der Waals surface area contributed by atoms with Gasteiger partial charge in [0.25, 0.3) is 0 Å². The van der Waals surface area contributed by atoms with Gasteiger partial charge in [-0.2, -0.15) is 0 Å². The van der Waals surface area contributed by atoms with E-state index in [0.29, 0.717) is 0 Å². The zero-order chi connectivity index (χ0) is 15.3. The SMILES string of the molecule is CCCCCCC(C)(CCCCCC)C(=O)OCOC. The minimum absolute atomic E-state index is 0.0678. The van der Waals surface area contributed by atoms with E-state index in [1.165, 1.54) is 38.5 Å². The van der Waals surface area contributed by atoms with Gasteiger partial charge in [0.05, 0.1) is 5.41 Å². The lowest BCUT2D eigenvalue weighted by Crippen LogP contribution is -2.30. The molecular weight excluding hydrogens is 252 g/mol. The molecule has 0 N–H and O–H groups in total. The number of carbonyl (C=O) groups excluding carboxylic acids is 1. The maximum atomic E-state index is 12.2. The highest BCUT2D eigenvalue weighted by molar-refractivity contribution is 5.76. The highest BCUT2D eigenvalue weighted by Gasteiger charge is 2.33. The second-order valence-corrected chi connectivity index (χ2v) is 6.02. The number of esters is 1. The van der Waals surface area contributed by atoms with Crippen molar-refractivity contribution in [3.8, 4) is 0 Å². The van der Waals surface area contributed by atoms with Crippen molar-refractivity contribution in [1.29, 1.82) is 0 Å². The first kappa shape index (κ1) is 19.4. The van der Waals surface area contributed by atoms with E-state index in [2.05, 4.69) is 20.8 Å². The summed E-state index contributed by atoms with van der Waals surface area (Å²) in [4.78, 5) is 12.2. The van der Waals surface area contributed by atoms with Gasteiger partial charge in [-0.3, -0.25) is 4.79 Å². The molecule has 0 aromatic heterocycles. The van der Waals surface area contributed by atoms with Crippen molar-refractivity contribution in [1.82, 2.24) is 0 Å². The molecule has 0 heterocycles. The fourth-order valence-corrected chi connectivity index (χ4v) is 2.50. The number of rotatable bonds is 13. The molecule has 0 atom stereocenters. The summed E-state index contributed by atoms with van der Waals surface area (Å²) < 4.78 is 10.1. The van der Waals surface area contributed by atoms with E-state index >= 15 is 0 Å². The summed E-state index contributed by atoms with van der Waals surface area (Å²) >= 11 is 0. The number of carbonyl (C=O) groups is 1. The lowest BCUT2D eigenvalue weighted by atomic mass is 9.79. The molecular formula is C17H34O3. The van der Waals surface area contributed by atoms with Gasteiger partial charge in [-0.15, -0.1) is 0 Å². The maximum absolute atomic E-state index is 12.2. The summed E-state index contributed by atoms with van der Waals surface area (Å²) in [5.74, 6) is -0.0904. The zero-order valence-electron chi connectivity index (χ0n) is 14.0.